The van der Waals surface area contributed by atoms with Crippen LogP contribution in [0.25, 0.3) is 0 Å². The second kappa shape index (κ2) is 7.19. The zero-order valence-corrected chi connectivity index (χ0v) is 13.7. The maximum Gasteiger partial charge on any atom is 0.317 e. The number of piperidine rings is 1. The highest BCUT2D eigenvalue weighted by atomic mass is 16.6. The summed E-state index contributed by atoms with van der Waals surface area (Å²) >= 11 is 0. The van der Waals surface area contributed by atoms with E-state index < -0.39 is 0 Å². The van der Waals surface area contributed by atoms with Crippen LogP contribution in [-0.2, 0) is 9.63 Å². The number of rotatable bonds is 2. The lowest BCUT2D eigenvalue weighted by molar-refractivity contribution is -0.124. The predicted octanol–water partition coefficient (Wildman–Crippen LogP) is 1.59. The predicted molar refractivity (Wildman–Crippen MR) is 85.8 cm³/mol. The summed E-state index contributed by atoms with van der Waals surface area (Å²) in [6, 6.07) is 0.285. The molecule has 0 aromatic rings. The average Bonchev–Trinajstić information content (AvgIpc) is 3.19. The van der Waals surface area contributed by atoms with E-state index in [1.165, 1.54) is 12.8 Å². The van der Waals surface area contributed by atoms with Crippen molar-refractivity contribution in [3.05, 3.63) is 0 Å². The molecule has 2 atom stereocenters. The van der Waals surface area contributed by atoms with Crippen molar-refractivity contribution in [1.29, 1.82) is 0 Å². The minimum atomic E-state index is -0.170. The number of likely N-dealkylation sites (tertiary alicyclic amines) is 1. The van der Waals surface area contributed by atoms with Gasteiger partial charge in [-0.25, -0.2) is 4.79 Å². The van der Waals surface area contributed by atoms with E-state index in [-0.39, 0.29) is 24.0 Å². The molecule has 2 N–H and O–H groups in total. The first kappa shape index (κ1) is 16.1. The van der Waals surface area contributed by atoms with Gasteiger partial charge < -0.3 is 20.4 Å². The number of carbonyl (C=O) groups is 2. The van der Waals surface area contributed by atoms with Crippen molar-refractivity contribution < 1.29 is 14.4 Å². The van der Waals surface area contributed by atoms with E-state index in [1.807, 2.05) is 6.92 Å². The lowest BCUT2D eigenvalue weighted by Crippen LogP contribution is -2.51. The summed E-state index contributed by atoms with van der Waals surface area (Å²) in [6.45, 7) is 3.12. The number of hydrogen-bond acceptors (Lipinski definition) is 4. The highest BCUT2D eigenvalue weighted by Gasteiger charge is 2.31. The van der Waals surface area contributed by atoms with Crippen LogP contribution >= 0.6 is 0 Å². The molecule has 0 unspecified atom stereocenters. The molecule has 23 heavy (non-hydrogen) atoms. The van der Waals surface area contributed by atoms with E-state index in [0.717, 1.165) is 32.2 Å². The van der Waals surface area contributed by atoms with Crippen molar-refractivity contribution in [2.45, 2.75) is 64.0 Å². The quantitative estimate of drug-likeness (QED) is 0.810. The van der Waals surface area contributed by atoms with Gasteiger partial charge >= 0.3 is 6.03 Å². The molecule has 0 aromatic heterocycles. The zero-order valence-electron chi connectivity index (χ0n) is 13.7. The smallest absolute Gasteiger partial charge is 0.317 e. The SMILES string of the molecule is C[C@@H]1CC(NC(=O)[C@@H]2CCCN(C(=O)NC3CCCC3)C2)=NO1. The van der Waals surface area contributed by atoms with Gasteiger partial charge in [0.15, 0.2) is 5.84 Å². The summed E-state index contributed by atoms with van der Waals surface area (Å²) in [5.41, 5.74) is 0. The minimum absolute atomic E-state index is 0.0188. The van der Waals surface area contributed by atoms with E-state index in [2.05, 4.69) is 15.8 Å². The number of nitrogens with one attached hydrogen (secondary N) is 2. The third-order valence-electron chi connectivity index (χ3n) is 4.85. The van der Waals surface area contributed by atoms with Crippen LogP contribution in [0, 0.1) is 5.92 Å². The molecule has 0 spiro atoms. The zero-order chi connectivity index (χ0) is 16.2. The maximum absolute atomic E-state index is 12.4. The molecule has 0 radical (unpaired) electrons. The van der Waals surface area contributed by atoms with Gasteiger partial charge in [-0.2, -0.15) is 0 Å². The Kier molecular flexibility index (Phi) is 5.03. The number of oxime groups is 1. The standard InChI is InChI=1S/C16H26N4O3/c1-11-9-14(19-23-11)18-15(21)12-5-4-8-20(10-12)16(22)17-13-6-2-3-7-13/h11-13H,2-10H2,1H3,(H,17,22)(H,18,19,21)/t11-,12-/m1/s1. The normalized spacial score (nSPS) is 28.2. The number of carbonyl (C=O) groups excluding carboxylic acids is 2. The molecule has 1 saturated heterocycles. The molecule has 3 rings (SSSR count). The van der Waals surface area contributed by atoms with Crippen molar-refractivity contribution in [3.63, 3.8) is 0 Å². The van der Waals surface area contributed by atoms with Gasteiger partial charge in [0.05, 0.1) is 5.92 Å². The van der Waals surface area contributed by atoms with E-state index in [4.69, 9.17) is 4.84 Å². The van der Waals surface area contributed by atoms with Gasteiger partial charge in [-0.05, 0) is 32.6 Å². The van der Waals surface area contributed by atoms with Crippen LogP contribution in [0.1, 0.15) is 51.9 Å². The minimum Gasteiger partial charge on any atom is -0.391 e. The Balaban J connectivity index is 1.49. The average molecular weight is 322 g/mol. The molecule has 3 amide bonds. The Morgan fingerprint density at radius 3 is 2.70 bits per heavy atom. The fourth-order valence-corrected chi connectivity index (χ4v) is 3.53. The van der Waals surface area contributed by atoms with Crippen LogP contribution in [0.2, 0.25) is 0 Å². The van der Waals surface area contributed by atoms with Crippen LogP contribution in [0.4, 0.5) is 4.79 Å². The molecule has 0 bridgehead atoms. The van der Waals surface area contributed by atoms with Gasteiger partial charge in [-0.1, -0.05) is 18.0 Å². The van der Waals surface area contributed by atoms with Gasteiger partial charge in [0, 0.05) is 25.6 Å². The summed E-state index contributed by atoms with van der Waals surface area (Å²) in [6.07, 6.45) is 6.84. The third-order valence-corrected chi connectivity index (χ3v) is 4.85. The van der Waals surface area contributed by atoms with Gasteiger partial charge in [0.2, 0.25) is 5.91 Å². The first-order valence-corrected chi connectivity index (χ1v) is 8.71. The Morgan fingerprint density at radius 1 is 1.22 bits per heavy atom. The summed E-state index contributed by atoms with van der Waals surface area (Å²) in [5, 5.41) is 9.80. The topological polar surface area (TPSA) is 83.0 Å². The van der Waals surface area contributed by atoms with Crippen molar-refractivity contribution >= 4 is 17.8 Å². The fourth-order valence-electron chi connectivity index (χ4n) is 3.53. The monoisotopic (exact) mass is 322 g/mol. The van der Waals surface area contributed by atoms with Gasteiger partial charge in [0.25, 0.3) is 0 Å². The fraction of sp³-hybridized carbons (Fsp3) is 0.812. The molecule has 128 valence electrons. The lowest BCUT2D eigenvalue weighted by Gasteiger charge is -2.32. The molecule has 2 fully saturated rings. The number of amides is 3. The number of urea groups is 1. The maximum atomic E-state index is 12.4. The Morgan fingerprint density at radius 2 is 2.00 bits per heavy atom. The number of hydrogen-bond donors (Lipinski definition) is 2. The summed E-state index contributed by atoms with van der Waals surface area (Å²) in [5.74, 6) is 0.367. The van der Waals surface area contributed by atoms with Crippen LogP contribution in [0.5, 0.6) is 0 Å². The van der Waals surface area contributed by atoms with Gasteiger partial charge in [-0.3, -0.25) is 4.79 Å². The molecular weight excluding hydrogens is 296 g/mol. The summed E-state index contributed by atoms with van der Waals surface area (Å²) in [4.78, 5) is 31.6. The van der Waals surface area contributed by atoms with Crippen LogP contribution in [0.15, 0.2) is 5.16 Å². The summed E-state index contributed by atoms with van der Waals surface area (Å²) < 4.78 is 0. The molecule has 3 aliphatic rings. The largest absolute Gasteiger partial charge is 0.391 e. The second-order valence-electron chi connectivity index (χ2n) is 6.86. The molecule has 7 heteroatoms. The van der Waals surface area contributed by atoms with E-state index in [0.29, 0.717) is 24.8 Å². The van der Waals surface area contributed by atoms with E-state index in [1.54, 1.807) is 4.90 Å². The molecule has 0 aromatic carbocycles. The van der Waals surface area contributed by atoms with Crippen molar-refractivity contribution in [1.82, 2.24) is 15.5 Å². The Labute approximate surface area is 136 Å². The van der Waals surface area contributed by atoms with Crippen LogP contribution in [0.3, 0.4) is 0 Å². The molecule has 1 saturated carbocycles. The lowest BCUT2D eigenvalue weighted by atomic mass is 9.97. The van der Waals surface area contributed by atoms with Crippen LogP contribution in [-0.4, -0.2) is 47.9 Å². The van der Waals surface area contributed by atoms with Crippen molar-refractivity contribution in [3.8, 4) is 0 Å². The first-order chi connectivity index (χ1) is 11.1. The first-order valence-electron chi connectivity index (χ1n) is 8.71. The number of nitrogens with zero attached hydrogens (tertiary/aromatic N) is 2. The molecule has 7 nitrogen and oxygen atoms in total. The Bertz CT molecular complexity index is 488. The molecule has 1 aliphatic carbocycles. The Hall–Kier alpha value is -1.79. The number of amidine groups is 1. The molecular formula is C16H26N4O3. The van der Waals surface area contributed by atoms with Crippen molar-refractivity contribution in [2.24, 2.45) is 11.1 Å². The van der Waals surface area contributed by atoms with Gasteiger partial charge in [-0.15, -0.1) is 0 Å². The van der Waals surface area contributed by atoms with Crippen molar-refractivity contribution in [2.75, 3.05) is 13.1 Å². The molecule has 2 aliphatic heterocycles. The highest BCUT2D eigenvalue weighted by Crippen LogP contribution is 2.20. The van der Waals surface area contributed by atoms with E-state index >= 15 is 0 Å². The highest BCUT2D eigenvalue weighted by molar-refractivity contribution is 5.99. The van der Waals surface area contributed by atoms with Gasteiger partial charge in [0.1, 0.15) is 6.10 Å². The van der Waals surface area contributed by atoms with E-state index in [9.17, 15) is 9.59 Å². The molecule has 2 heterocycles. The van der Waals surface area contributed by atoms with Crippen LogP contribution < -0.4 is 10.6 Å². The second-order valence-corrected chi connectivity index (χ2v) is 6.86. The third kappa shape index (κ3) is 4.14. The summed E-state index contributed by atoms with van der Waals surface area (Å²) in [7, 11) is 0.